The number of benzene rings is 1. The number of carbonyl (C=O) groups is 1. The van der Waals surface area contributed by atoms with Gasteiger partial charge < -0.3 is 16.8 Å². The maximum absolute atomic E-state index is 12.9. The third-order valence-electron chi connectivity index (χ3n) is 2.28. The number of anilines is 3. The minimum atomic E-state index is -0.455. The number of amides is 1. The van der Waals surface area contributed by atoms with E-state index in [4.69, 9.17) is 11.5 Å². The molecule has 5 nitrogen and oxygen atoms in total. The minimum Gasteiger partial charge on any atom is -0.397 e. The predicted molar refractivity (Wildman–Crippen MR) is 70.0 cm³/mol. The molecule has 0 atom stereocenters. The first kappa shape index (κ1) is 12.3. The lowest BCUT2D eigenvalue weighted by atomic mass is 10.2. The monoisotopic (exact) mass is 266 g/mol. The van der Waals surface area contributed by atoms with Crippen molar-refractivity contribution in [3.63, 3.8) is 0 Å². The standard InChI is InChI=1S/C11H11FN4OS/c1-5-9(18-11(14)15-5)10(17)16-8-3-2-6(12)4-7(8)13/h2-4H,13H2,1H3,(H2,14,15)(H,16,17). The summed E-state index contributed by atoms with van der Waals surface area (Å²) in [5.41, 5.74) is 12.2. The van der Waals surface area contributed by atoms with Gasteiger partial charge in [0.1, 0.15) is 10.7 Å². The largest absolute Gasteiger partial charge is 0.397 e. The fraction of sp³-hybridized carbons (Fsp3) is 0.0909. The molecular weight excluding hydrogens is 255 g/mol. The average molecular weight is 266 g/mol. The number of nitrogens with one attached hydrogen (secondary N) is 1. The quantitative estimate of drug-likeness (QED) is 0.725. The Hall–Kier alpha value is -2.15. The molecule has 7 heteroatoms. The summed E-state index contributed by atoms with van der Waals surface area (Å²) in [6.07, 6.45) is 0. The second-order valence-corrected chi connectivity index (χ2v) is 4.68. The van der Waals surface area contributed by atoms with E-state index in [1.807, 2.05) is 0 Å². The maximum Gasteiger partial charge on any atom is 0.267 e. The molecule has 0 aliphatic rings. The molecule has 2 aromatic rings. The summed E-state index contributed by atoms with van der Waals surface area (Å²) in [5, 5.41) is 2.92. The van der Waals surface area contributed by atoms with E-state index in [1.165, 1.54) is 12.1 Å². The molecule has 0 spiro atoms. The Labute approximate surface area is 107 Å². The van der Waals surface area contributed by atoms with Crippen LogP contribution in [0.4, 0.5) is 20.9 Å². The van der Waals surface area contributed by atoms with Gasteiger partial charge in [-0.25, -0.2) is 9.37 Å². The highest BCUT2D eigenvalue weighted by atomic mass is 32.1. The Morgan fingerprint density at radius 2 is 2.17 bits per heavy atom. The van der Waals surface area contributed by atoms with Crippen molar-refractivity contribution >= 4 is 33.8 Å². The number of aromatic nitrogens is 1. The fourth-order valence-corrected chi connectivity index (χ4v) is 2.18. The number of halogens is 1. The van der Waals surface area contributed by atoms with Crippen LogP contribution in [0.25, 0.3) is 0 Å². The van der Waals surface area contributed by atoms with Gasteiger partial charge in [0.25, 0.3) is 5.91 Å². The summed E-state index contributed by atoms with van der Waals surface area (Å²) in [5.74, 6) is -0.816. The van der Waals surface area contributed by atoms with Gasteiger partial charge in [-0.2, -0.15) is 0 Å². The molecule has 0 aliphatic heterocycles. The molecule has 1 amide bonds. The van der Waals surface area contributed by atoms with Crippen LogP contribution in [0, 0.1) is 12.7 Å². The van der Waals surface area contributed by atoms with Gasteiger partial charge in [-0.05, 0) is 25.1 Å². The normalized spacial score (nSPS) is 10.3. The fourth-order valence-electron chi connectivity index (χ4n) is 1.45. The molecule has 2 rings (SSSR count). The van der Waals surface area contributed by atoms with Gasteiger partial charge in [0.2, 0.25) is 0 Å². The number of hydrogen-bond donors (Lipinski definition) is 3. The van der Waals surface area contributed by atoms with Gasteiger partial charge in [0.15, 0.2) is 5.13 Å². The summed E-state index contributed by atoms with van der Waals surface area (Å²) in [6.45, 7) is 1.69. The minimum absolute atomic E-state index is 0.165. The van der Waals surface area contributed by atoms with E-state index < -0.39 is 5.82 Å². The molecule has 0 saturated carbocycles. The van der Waals surface area contributed by atoms with Gasteiger partial charge in [-0.3, -0.25) is 4.79 Å². The van der Waals surface area contributed by atoms with Gasteiger partial charge in [-0.1, -0.05) is 11.3 Å². The van der Waals surface area contributed by atoms with Gasteiger partial charge in [0.05, 0.1) is 17.1 Å². The Bertz CT molecular complexity index is 611. The summed E-state index contributed by atoms with van der Waals surface area (Å²) >= 11 is 1.09. The van der Waals surface area contributed by atoms with Gasteiger partial charge in [-0.15, -0.1) is 0 Å². The van der Waals surface area contributed by atoms with E-state index in [0.29, 0.717) is 21.4 Å². The zero-order valence-electron chi connectivity index (χ0n) is 9.53. The van der Waals surface area contributed by atoms with Crippen molar-refractivity contribution in [2.24, 2.45) is 0 Å². The number of nitrogens with zero attached hydrogens (tertiary/aromatic N) is 1. The van der Waals surface area contributed by atoms with E-state index >= 15 is 0 Å². The molecule has 0 fully saturated rings. The average Bonchev–Trinajstić information content (AvgIpc) is 2.62. The summed E-state index contributed by atoms with van der Waals surface area (Å²) in [4.78, 5) is 16.3. The number of thiazole rings is 1. The third kappa shape index (κ3) is 2.40. The van der Waals surface area contributed by atoms with Gasteiger partial charge >= 0.3 is 0 Å². The molecule has 94 valence electrons. The smallest absolute Gasteiger partial charge is 0.267 e. The summed E-state index contributed by atoms with van der Waals surface area (Å²) in [7, 11) is 0. The van der Waals surface area contributed by atoms with Crippen molar-refractivity contribution < 1.29 is 9.18 Å². The maximum atomic E-state index is 12.9. The van der Waals surface area contributed by atoms with E-state index in [9.17, 15) is 9.18 Å². The molecule has 1 aromatic carbocycles. The molecule has 1 heterocycles. The SMILES string of the molecule is Cc1nc(N)sc1C(=O)Nc1ccc(F)cc1N. The van der Waals surface area contributed by atoms with Crippen LogP contribution in [-0.2, 0) is 0 Å². The number of aryl methyl sites for hydroxylation is 1. The Kier molecular flexibility index (Phi) is 3.15. The summed E-state index contributed by atoms with van der Waals surface area (Å²) in [6, 6.07) is 3.77. The first-order valence-corrected chi connectivity index (χ1v) is 5.88. The number of rotatable bonds is 2. The highest BCUT2D eigenvalue weighted by Crippen LogP contribution is 2.24. The molecule has 0 radical (unpaired) electrons. The predicted octanol–water partition coefficient (Wildman–Crippen LogP) is 2.01. The number of hydrogen-bond acceptors (Lipinski definition) is 5. The van der Waals surface area contributed by atoms with Crippen LogP contribution < -0.4 is 16.8 Å². The Morgan fingerprint density at radius 3 is 2.72 bits per heavy atom. The van der Waals surface area contributed by atoms with Crippen LogP contribution in [-0.4, -0.2) is 10.9 Å². The molecule has 18 heavy (non-hydrogen) atoms. The van der Waals surface area contributed by atoms with Crippen LogP contribution in [0.3, 0.4) is 0 Å². The molecule has 1 aromatic heterocycles. The topological polar surface area (TPSA) is 94.0 Å². The molecule has 0 bridgehead atoms. The number of nitrogens with two attached hydrogens (primary N) is 2. The Morgan fingerprint density at radius 1 is 1.44 bits per heavy atom. The van der Waals surface area contributed by atoms with Crippen LogP contribution in [0.2, 0.25) is 0 Å². The molecule has 0 saturated heterocycles. The molecule has 0 unspecified atom stereocenters. The Balaban J connectivity index is 2.24. The van der Waals surface area contributed by atoms with Crippen molar-refractivity contribution in [2.75, 3.05) is 16.8 Å². The van der Waals surface area contributed by atoms with Crippen LogP contribution in [0.15, 0.2) is 18.2 Å². The molecule has 5 N–H and O–H groups in total. The van der Waals surface area contributed by atoms with E-state index in [-0.39, 0.29) is 11.6 Å². The second kappa shape index (κ2) is 4.61. The van der Waals surface area contributed by atoms with Gasteiger partial charge in [0, 0.05) is 0 Å². The van der Waals surface area contributed by atoms with Crippen molar-refractivity contribution in [2.45, 2.75) is 6.92 Å². The van der Waals surface area contributed by atoms with Crippen molar-refractivity contribution in [1.82, 2.24) is 4.98 Å². The highest BCUT2D eigenvalue weighted by molar-refractivity contribution is 7.17. The first-order chi connectivity index (χ1) is 8.47. The van der Waals surface area contributed by atoms with Crippen molar-refractivity contribution in [3.05, 3.63) is 34.6 Å². The highest BCUT2D eigenvalue weighted by Gasteiger charge is 2.15. The number of carbonyl (C=O) groups excluding carboxylic acids is 1. The third-order valence-corrected chi connectivity index (χ3v) is 3.27. The van der Waals surface area contributed by atoms with Crippen LogP contribution >= 0.6 is 11.3 Å². The lowest BCUT2D eigenvalue weighted by Gasteiger charge is -2.07. The molecule has 0 aliphatic carbocycles. The van der Waals surface area contributed by atoms with Crippen molar-refractivity contribution in [3.8, 4) is 0 Å². The number of nitrogen functional groups attached to an aromatic ring is 2. The van der Waals surface area contributed by atoms with Crippen LogP contribution in [0.5, 0.6) is 0 Å². The van der Waals surface area contributed by atoms with E-state index in [2.05, 4.69) is 10.3 Å². The zero-order valence-corrected chi connectivity index (χ0v) is 10.3. The first-order valence-electron chi connectivity index (χ1n) is 5.06. The van der Waals surface area contributed by atoms with E-state index in [1.54, 1.807) is 6.92 Å². The summed E-state index contributed by atoms with van der Waals surface area (Å²) < 4.78 is 12.9. The second-order valence-electron chi connectivity index (χ2n) is 3.65. The molecular formula is C11H11FN4OS. The van der Waals surface area contributed by atoms with Crippen molar-refractivity contribution in [1.29, 1.82) is 0 Å². The zero-order chi connectivity index (χ0) is 13.3. The lowest BCUT2D eigenvalue weighted by Crippen LogP contribution is -2.13. The van der Waals surface area contributed by atoms with E-state index in [0.717, 1.165) is 17.4 Å². The van der Waals surface area contributed by atoms with Crippen LogP contribution in [0.1, 0.15) is 15.4 Å². The lowest BCUT2D eigenvalue weighted by molar-refractivity contribution is 0.103.